The average Bonchev–Trinajstić information content (AvgIpc) is 2.92. The first kappa shape index (κ1) is 13.3. The number of nitrogens with zero attached hydrogens (tertiary/aromatic N) is 2. The number of likely N-dealkylation sites (N-methyl/N-ethyl adjacent to an activating group) is 1. The highest BCUT2D eigenvalue weighted by Crippen LogP contribution is 2.15. The number of amides is 2. The van der Waals surface area contributed by atoms with Crippen molar-refractivity contribution in [2.75, 3.05) is 25.6 Å². The van der Waals surface area contributed by atoms with Crippen molar-refractivity contribution in [2.24, 2.45) is 0 Å². The monoisotopic (exact) mass is 265 g/mol. The van der Waals surface area contributed by atoms with Crippen LogP contribution in [0.15, 0.2) is 18.3 Å². The van der Waals surface area contributed by atoms with E-state index in [1.54, 1.807) is 13.1 Å². The molecule has 0 aliphatic carbocycles. The van der Waals surface area contributed by atoms with Crippen LogP contribution >= 0.6 is 0 Å². The molecule has 0 saturated carbocycles. The van der Waals surface area contributed by atoms with Crippen LogP contribution in [0.3, 0.4) is 0 Å². The Morgan fingerprint density at radius 3 is 3.00 bits per heavy atom. The minimum atomic E-state index is -1.18. The van der Waals surface area contributed by atoms with E-state index in [-0.39, 0.29) is 23.5 Å². The van der Waals surface area contributed by atoms with Crippen LogP contribution in [-0.2, 0) is 4.74 Å². The van der Waals surface area contributed by atoms with Gasteiger partial charge in [-0.15, -0.1) is 0 Å². The van der Waals surface area contributed by atoms with Crippen molar-refractivity contribution in [2.45, 2.75) is 12.5 Å². The third-order valence-electron chi connectivity index (χ3n) is 3.03. The smallest absolute Gasteiger partial charge is 0.356 e. The first-order chi connectivity index (χ1) is 9.09. The summed E-state index contributed by atoms with van der Waals surface area (Å²) in [5.41, 5.74) is 0.0117. The fourth-order valence-electron chi connectivity index (χ4n) is 1.87. The SMILES string of the molecule is CN(C(=O)Nc1cccnc1C(=O)O)C1CCOC1. The van der Waals surface area contributed by atoms with Gasteiger partial charge in [0.25, 0.3) is 0 Å². The zero-order valence-corrected chi connectivity index (χ0v) is 10.5. The number of pyridine rings is 1. The minimum absolute atomic E-state index is 0.0185. The van der Waals surface area contributed by atoms with Gasteiger partial charge in [0.2, 0.25) is 0 Å². The molecule has 19 heavy (non-hydrogen) atoms. The molecule has 2 heterocycles. The van der Waals surface area contributed by atoms with Gasteiger partial charge in [0.05, 0.1) is 18.3 Å². The number of aromatic nitrogens is 1. The second-order valence-electron chi connectivity index (χ2n) is 4.26. The van der Waals surface area contributed by atoms with Crippen LogP contribution < -0.4 is 5.32 Å². The number of carbonyl (C=O) groups is 2. The summed E-state index contributed by atoms with van der Waals surface area (Å²) in [5.74, 6) is -1.18. The molecule has 1 aliphatic heterocycles. The normalized spacial score (nSPS) is 18.1. The highest BCUT2D eigenvalue weighted by atomic mass is 16.5. The van der Waals surface area contributed by atoms with Crippen molar-refractivity contribution in [1.29, 1.82) is 0 Å². The molecule has 1 unspecified atom stereocenters. The zero-order chi connectivity index (χ0) is 13.8. The summed E-state index contributed by atoms with van der Waals surface area (Å²) < 4.78 is 5.21. The molecule has 0 spiro atoms. The number of urea groups is 1. The second-order valence-corrected chi connectivity index (χ2v) is 4.26. The van der Waals surface area contributed by atoms with Crippen molar-refractivity contribution in [1.82, 2.24) is 9.88 Å². The van der Waals surface area contributed by atoms with E-state index in [4.69, 9.17) is 9.84 Å². The van der Waals surface area contributed by atoms with E-state index in [9.17, 15) is 9.59 Å². The maximum atomic E-state index is 12.0. The molecule has 1 saturated heterocycles. The number of aromatic carboxylic acids is 1. The van der Waals surface area contributed by atoms with E-state index in [0.717, 1.165) is 6.42 Å². The fourth-order valence-corrected chi connectivity index (χ4v) is 1.87. The first-order valence-electron chi connectivity index (χ1n) is 5.89. The van der Waals surface area contributed by atoms with E-state index in [0.29, 0.717) is 13.2 Å². The molecule has 1 fully saturated rings. The van der Waals surface area contributed by atoms with E-state index < -0.39 is 5.97 Å². The lowest BCUT2D eigenvalue weighted by atomic mass is 10.2. The topological polar surface area (TPSA) is 91.8 Å². The summed E-state index contributed by atoms with van der Waals surface area (Å²) in [5, 5.41) is 11.5. The first-order valence-corrected chi connectivity index (χ1v) is 5.89. The summed E-state index contributed by atoms with van der Waals surface area (Å²) in [6.45, 7) is 1.14. The molecular formula is C12H15N3O4. The Bertz CT molecular complexity index is 486. The Balaban J connectivity index is 2.08. The molecule has 0 aromatic carbocycles. The molecule has 102 valence electrons. The van der Waals surface area contributed by atoms with Crippen LogP contribution in [-0.4, -0.2) is 53.3 Å². The Kier molecular flexibility index (Phi) is 3.96. The van der Waals surface area contributed by atoms with Gasteiger partial charge < -0.3 is 20.1 Å². The molecule has 1 aliphatic rings. The second kappa shape index (κ2) is 5.66. The van der Waals surface area contributed by atoms with Gasteiger partial charge in [-0.1, -0.05) is 0 Å². The molecule has 1 atom stereocenters. The van der Waals surface area contributed by atoms with E-state index >= 15 is 0 Å². The number of anilines is 1. The molecule has 0 radical (unpaired) electrons. The Labute approximate surface area is 110 Å². The van der Waals surface area contributed by atoms with E-state index in [1.165, 1.54) is 17.2 Å². The predicted molar refractivity (Wildman–Crippen MR) is 67.2 cm³/mol. The number of rotatable bonds is 3. The lowest BCUT2D eigenvalue weighted by molar-refractivity contribution is 0.0691. The molecule has 0 bridgehead atoms. The van der Waals surface area contributed by atoms with Crippen LogP contribution in [0.2, 0.25) is 0 Å². The number of ether oxygens (including phenoxy) is 1. The largest absolute Gasteiger partial charge is 0.476 e. The van der Waals surface area contributed by atoms with Crippen molar-refractivity contribution < 1.29 is 19.4 Å². The maximum Gasteiger partial charge on any atom is 0.356 e. The molecular weight excluding hydrogens is 250 g/mol. The third kappa shape index (κ3) is 3.00. The Morgan fingerprint density at radius 2 is 2.37 bits per heavy atom. The fraction of sp³-hybridized carbons (Fsp3) is 0.417. The Morgan fingerprint density at radius 1 is 1.58 bits per heavy atom. The highest BCUT2D eigenvalue weighted by Gasteiger charge is 2.25. The molecule has 2 rings (SSSR count). The standard InChI is InChI=1S/C12H15N3O4/c1-15(8-4-6-19-7-8)12(18)14-9-3-2-5-13-10(9)11(16)17/h2-3,5,8H,4,6-7H2,1H3,(H,14,18)(H,16,17). The number of carboxylic acid groups (broad SMARTS) is 1. The van der Waals surface area contributed by atoms with Gasteiger partial charge in [0, 0.05) is 19.9 Å². The van der Waals surface area contributed by atoms with Crippen LogP contribution in [0.4, 0.5) is 10.5 Å². The molecule has 2 amide bonds. The van der Waals surface area contributed by atoms with Crippen molar-refractivity contribution >= 4 is 17.7 Å². The van der Waals surface area contributed by atoms with Crippen LogP contribution in [0, 0.1) is 0 Å². The van der Waals surface area contributed by atoms with Crippen molar-refractivity contribution in [3.63, 3.8) is 0 Å². The predicted octanol–water partition coefficient (Wildman–Crippen LogP) is 1.03. The van der Waals surface area contributed by atoms with Gasteiger partial charge in [-0.05, 0) is 18.6 Å². The summed E-state index contributed by atoms with van der Waals surface area (Å²) in [6, 6.07) is 2.73. The van der Waals surface area contributed by atoms with Crippen molar-refractivity contribution in [3.8, 4) is 0 Å². The van der Waals surface area contributed by atoms with Gasteiger partial charge in [-0.3, -0.25) is 0 Å². The zero-order valence-electron chi connectivity index (χ0n) is 10.5. The molecule has 7 nitrogen and oxygen atoms in total. The lowest BCUT2D eigenvalue weighted by Crippen LogP contribution is -2.40. The van der Waals surface area contributed by atoms with Crippen LogP contribution in [0.1, 0.15) is 16.9 Å². The summed E-state index contributed by atoms with van der Waals surface area (Å²) in [7, 11) is 1.66. The van der Waals surface area contributed by atoms with Crippen LogP contribution in [0.5, 0.6) is 0 Å². The quantitative estimate of drug-likeness (QED) is 0.851. The number of carbonyl (C=O) groups excluding carboxylic acids is 1. The number of hydrogen-bond donors (Lipinski definition) is 2. The van der Waals surface area contributed by atoms with E-state index in [2.05, 4.69) is 10.3 Å². The molecule has 1 aromatic heterocycles. The number of nitrogens with one attached hydrogen (secondary N) is 1. The summed E-state index contributed by atoms with van der Waals surface area (Å²) in [4.78, 5) is 28.2. The molecule has 1 aromatic rings. The van der Waals surface area contributed by atoms with Gasteiger partial charge >= 0.3 is 12.0 Å². The Hall–Kier alpha value is -2.15. The minimum Gasteiger partial charge on any atom is -0.476 e. The summed E-state index contributed by atoms with van der Waals surface area (Å²) in [6.07, 6.45) is 2.15. The third-order valence-corrected chi connectivity index (χ3v) is 3.03. The van der Waals surface area contributed by atoms with Gasteiger partial charge in [-0.2, -0.15) is 0 Å². The van der Waals surface area contributed by atoms with Crippen molar-refractivity contribution in [3.05, 3.63) is 24.0 Å². The van der Waals surface area contributed by atoms with Gasteiger partial charge in [0.1, 0.15) is 0 Å². The summed E-state index contributed by atoms with van der Waals surface area (Å²) >= 11 is 0. The van der Waals surface area contributed by atoms with E-state index in [1.807, 2.05) is 0 Å². The number of hydrogen-bond acceptors (Lipinski definition) is 4. The van der Waals surface area contributed by atoms with Gasteiger partial charge in [-0.25, -0.2) is 14.6 Å². The number of carboxylic acids is 1. The average molecular weight is 265 g/mol. The lowest BCUT2D eigenvalue weighted by Gasteiger charge is -2.23. The molecule has 7 heteroatoms. The maximum absolute atomic E-state index is 12.0. The highest BCUT2D eigenvalue weighted by molar-refractivity contribution is 5.98. The van der Waals surface area contributed by atoms with Crippen LogP contribution in [0.25, 0.3) is 0 Å². The molecule has 2 N–H and O–H groups in total. The van der Waals surface area contributed by atoms with Gasteiger partial charge in [0.15, 0.2) is 5.69 Å².